The number of amides is 1. The highest BCUT2D eigenvalue weighted by Gasteiger charge is 2.24. The van der Waals surface area contributed by atoms with E-state index in [-0.39, 0.29) is 18.7 Å². The predicted molar refractivity (Wildman–Crippen MR) is 125 cm³/mol. The Labute approximate surface area is 192 Å². The molecule has 32 heavy (non-hydrogen) atoms. The van der Waals surface area contributed by atoms with Crippen LogP contribution in [0.15, 0.2) is 41.8 Å². The number of carbonyl (C=O) groups is 1. The molecule has 4 rings (SSSR count). The predicted octanol–water partition coefficient (Wildman–Crippen LogP) is 5.51. The van der Waals surface area contributed by atoms with Crippen molar-refractivity contribution < 1.29 is 19.0 Å². The van der Waals surface area contributed by atoms with Crippen molar-refractivity contribution in [1.82, 2.24) is 9.88 Å². The molecule has 0 saturated heterocycles. The van der Waals surface area contributed by atoms with Gasteiger partial charge in [-0.25, -0.2) is 4.98 Å². The molecule has 0 spiro atoms. The summed E-state index contributed by atoms with van der Waals surface area (Å²) in [6.45, 7) is 9.29. The van der Waals surface area contributed by atoms with Crippen LogP contribution in [-0.2, 0) is 13.2 Å². The Hall–Kier alpha value is -3.06. The SMILES string of the molecule is CC[C@@H](C)N(Cc1csc(COc2cc(C)cc(C)c2)n1)C(=O)c1ccc2c(c1)OCO2. The molecular formula is C25H28N2O4S. The number of hydrogen-bond donors (Lipinski definition) is 0. The third-order valence-corrected chi connectivity index (χ3v) is 6.36. The van der Waals surface area contributed by atoms with Crippen LogP contribution >= 0.6 is 11.3 Å². The molecule has 1 aromatic heterocycles. The number of rotatable bonds is 8. The first-order valence-corrected chi connectivity index (χ1v) is 11.7. The van der Waals surface area contributed by atoms with Crippen molar-refractivity contribution in [3.8, 4) is 17.2 Å². The molecule has 0 saturated carbocycles. The van der Waals surface area contributed by atoms with Gasteiger partial charge in [0.05, 0.1) is 12.2 Å². The molecule has 2 aromatic carbocycles. The van der Waals surface area contributed by atoms with E-state index in [0.717, 1.165) is 22.9 Å². The second kappa shape index (κ2) is 9.61. The number of hydrogen-bond acceptors (Lipinski definition) is 6. The summed E-state index contributed by atoms with van der Waals surface area (Å²) in [5, 5.41) is 2.89. The maximum Gasteiger partial charge on any atom is 0.254 e. The number of nitrogens with zero attached hydrogens (tertiary/aromatic N) is 2. The lowest BCUT2D eigenvalue weighted by Gasteiger charge is -2.28. The monoisotopic (exact) mass is 452 g/mol. The summed E-state index contributed by atoms with van der Waals surface area (Å²) in [6, 6.07) is 11.6. The average Bonchev–Trinajstić information content (AvgIpc) is 3.43. The van der Waals surface area contributed by atoms with Gasteiger partial charge in [-0.2, -0.15) is 0 Å². The van der Waals surface area contributed by atoms with Gasteiger partial charge < -0.3 is 19.1 Å². The van der Waals surface area contributed by atoms with Gasteiger partial charge >= 0.3 is 0 Å². The number of ether oxygens (including phenoxy) is 3. The molecular weight excluding hydrogens is 424 g/mol. The summed E-state index contributed by atoms with van der Waals surface area (Å²) in [5.41, 5.74) is 3.80. The molecule has 0 unspecified atom stereocenters. The van der Waals surface area contributed by atoms with Crippen molar-refractivity contribution in [3.05, 3.63) is 69.2 Å². The van der Waals surface area contributed by atoms with Gasteiger partial charge in [-0.15, -0.1) is 11.3 Å². The fourth-order valence-corrected chi connectivity index (χ4v) is 4.36. The number of fused-ring (bicyclic) bond motifs is 1. The summed E-state index contributed by atoms with van der Waals surface area (Å²) < 4.78 is 16.7. The van der Waals surface area contributed by atoms with Gasteiger partial charge in [0.2, 0.25) is 6.79 Å². The molecule has 2 heterocycles. The first-order chi connectivity index (χ1) is 15.4. The molecule has 6 nitrogen and oxygen atoms in total. The van der Waals surface area contributed by atoms with E-state index >= 15 is 0 Å². The van der Waals surface area contributed by atoms with Gasteiger partial charge in [0.1, 0.15) is 17.4 Å². The first kappa shape index (κ1) is 22.1. The standard InChI is InChI=1S/C25H28N2O4S/c1-5-18(4)27(25(28)19-6-7-22-23(11-19)31-15-30-22)12-20-14-32-24(26-20)13-29-21-9-16(2)8-17(3)10-21/h6-11,14,18H,5,12-13,15H2,1-4H3/t18-/m1/s1. The molecule has 7 heteroatoms. The summed E-state index contributed by atoms with van der Waals surface area (Å²) in [4.78, 5) is 19.9. The highest BCUT2D eigenvalue weighted by atomic mass is 32.1. The number of carbonyl (C=O) groups excluding carboxylic acids is 1. The van der Waals surface area contributed by atoms with E-state index in [1.807, 2.05) is 22.4 Å². The first-order valence-electron chi connectivity index (χ1n) is 10.8. The minimum absolute atomic E-state index is 0.0429. The minimum atomic E-state index is -0.0429. The molecule has 168 valence electrons. The number of aryl methyl sites for hydroxylation is 2. The zero-order valence-corrected chi connectivity index (χ0v) is 19.7. The van der Waals surface area contributed by atoms with Crippen molar-refractivity contribution >= 4 is 17.2 Å². The minimum Gasteiger partial charge on any atom is -0.486 e. The number of benzene rings is 2. The van der Waals surface area contributed by atoms with E-state index in [4.69, 9.17) is 19.2 Å². The van der Waals surface area contributed by atoms with E-state index < -0.39 is 0 Å². The van der Waals surface area contributed by atoms with Crippen LogP contribution in [0.5, 0.6) is 17.2 Å². The van der Waals surface area contributed by atoms with Crippen LogP contribution in [0.2, 0.25) is 0 Å². The molecule has 0 N–H and O–H groups in total. The van der Waals surface area contributed by atoms with Crippen molar-refractivity contribution in [2.75, 3.05) is 6.79 Å². The van der Waals surface area contributed by atoms with Crippen LogP contribution in [0.1, 0.15) is 52.5 Å². The summed E-state index contributed by atoms with van der Waals surface area (Å²) in [5.74, 6) is 2.08. The molecule has 0 radical (unpaired) electrons. The van der Waals surface area contributed by atoms with E-state index in [1.54, 1.807) is 29.5 Å². The Morgan fingerprint density at radius 1 is 1.16 bits per heavy atom. The Bertz CT molecular complexity index is 1090. The van der Waals surface area contributed by atoms with Crippen molar-refractivity contribution in [1.29, 1.82) is 0 Å². The molecule has 1 atom stereocenters. The van der Waals surface area contributed by atoms with Crippen molar-refractivity contribution in [2.45, 2.75) is 53.3 Å². The Balaban J connectivity index is 1.45. The van der Waals surface area contributed by atoms with E-state index in [9.17, 15) is 4.79 Å². The van der Waals surface area contributed by atoms with Crippen LogP contribution < -0.4 is 14.2 Å². The fraction of sp³-hybridized carbons (Fsp3) is 0.360. The van der Waals surface area contributed by atoms with Gasteiger partial charge in [-0.3, -0.25) is 4.79 Å². The Morgan fingerprint density at radius 2 is 1.91 bits per heavy atom. The molecule has 0 fully saturated rings. The molecule has 0 bridgehead atoms. The second-order valence-corrected chi connectivity index (χ2v) is 9.05. The van der Waals surface area contributed by atoms with Crippen LogP contribution in [0, 0.1) is 13.8 Å². The Kier molecular flexibility index (Phi) is 6.65. The molecule has 1 aliphatic heterocycles. The van der Waals surface area contributed by atoms with E-state index in [1.165, 1.54) is 11.1 Å². The lowest BCUT2D eigenvalue weighted by Crippen LogP contribution is -2.37. The molecule has 0 aliphatic carbocycles. The third kappa shape index (κ3) is 5.05. The maximum absolute atomic E-state index is 13.3. The second-order valence-electron chi connectivity index (χ2n) is 8.10. The van der Waals surface area contributed by atoms with E-state index in [0.29, 0.717) is 30.2 Å². The van der Waals surface area contributed by atoms with E-state index in [2.05, 4.69) is 33.8 Å². The van der Waals surface area contributed by atoms with Crippen molar-refractivity contribution in [3.63, 3.8) is 0 Å². The molecule has 1 amide bonds. The average molecular weight is 453 g/mol. The lowest BCUT2D eigenvalue weighted by atomic mass is 10.1. The number of aromatic nitrogens is 1. The lowest BCUT2D eigenvalue weighted by molar-refractivity contribution is 0.0668. The summed E-state index contributed by atoms with van der Waals surface area (Å²) in [7, 11) is 0. The zero-order valence-electron chi connectivity index (χ0n) is 18.9. The molecule has 1 aliphatic rings. The Morgan fingerprint density at radius 3 is 2.66 bits per heavy atom. The van der Waals surface area contributed by atoms with Gasteiger partial charge in [0, 0.05) is 17.0 Å². The van der Waals surface area contributed by atoms with Gasteiger partial charge in [0.15, 0.2) is 11.5 Å². The largest absolute Gasteiger partial charge is 0.486 e. The highest BCUT2D eigenvalue weighted by molar-refractivity contribution is 7.09. The van der Waals surface area contributed by atoms with Crippen LogP contribution in [0.3, 0.4) is 0 Å². The van der Waals surface area contributed by atoms with Crippen LogP contribution in [-0.4, -0.2) is 28.6 Å². The maximum atomic E-state index is 13.3. The van der Waals surface area contributed by atoms with Gasteiger partial charge in [-0.05, 0) is 68.7 Å². The smallest absolute Gasteiger partial charge is 0.254 e. The molecule has 3 aromatic rings. The summed E-state index contributed by atoms with van der Waals surface area (Å²) in [6.07, 6.45) is 0.850. The highest BCUT2D eigenvalue weighted by Crippen LogP contribution is 2.33. The number of thiazole rings is 1. The third-order valence-electron chi connectivity index (χ3n) is 5.49. The summed E-state index contributed by atoms with van der Waals surface area (Å²) >= 11 is 1.55. The normalized spacial score (nSPS) is 13.1. The van der Waals surface area contributed by atoms with Crippen LogP contribution in [0.4, 0.5) is 0 Å². The van der Waals surface area contributed by atoms with Gasteiger partial charge in [-0.1, -0.05) is 13.0 Å². The van der Waals surface area contributed by atoms with Gasteiger partial charge in [0.25, 0.3) is 5.91 Å². The zero-order chi connectivity index (χ0) is 22.7. The van der Waals surface area contributed by atoms with Crippen molar-refractivity contribution in [2.24, 2.45) is 0 Å². The van der Waals surface area contributed by atoms with Crippen LogP contribution in [0.25, 0.3) is 0 Å². The quantitative estimate of drug-likeness (QED) is 0.451. The topological polar surface area (TPSA) is 60.9 Å². The fourth-order valence-electron chi connectivity index (χ4n) is 3.67.